The Morgan fingerprint density at radius 3 is 2.70 bits per heavy atom. The number of nitrogens with zero attached hydrogens (tertiary/aromatic N) is 3. The summed E-state index contributed by atoms with van der Waals surface area (Å²) in [5.74, 6) is 0. The van der Waals surface area contributed by atoms with Gasteiger partial charge in [-0.05, 0) is 32.4 Å². The van der Waals surface area contributed by atoms with E-state index in [1.807, 2.05) is 13.0 Å². The molecule has 0 radical (unpaired) electrons. The fraction of sp³-hybridized carbons (Fsp3) is 0.385. The maximum Gasteiger partial charge on any atom is 0.241 e. The van der Waals surface area contributed by atoms with Gasteiger partial charge in [-0.25, -0.2) is 18.1 Å². The number of rotatable bonds is 5. The van der Waals surface area contributed by atoms with E-state index in [0.717, 1.165) is 11.1 Å². The normalized spacial score (nSPS) is 13.3. The van der Waals surface area contributed by atoms with E-state index >= 15 is 0 Å². The molecular weight excluding hydrogens is 276 g/mol. The molecule has 0 aliphatic heterocycles. The van der Waals surface area contributed by atoms with Crippen molar-refractivity contribution in [3.8, 4) is 0 Å². The molecule has 0 bridgehead atoms. The molecule has 6 nitrogen and oxygen atoms in total. The highest BCUT2D eigenvalue weighted by molar-refractivity contribution is 7.89. The Balaban J connectivity index is 2.14. The Bertz CT molecular complexity index is 680. The van der Waals surface area contributed by atoms with Crippen LogP contribution < -0.4 is 4.72 Å². The first-order valence-electron chi connectivity index (χ1n) is 6.30. The third kappa shape index (κ3) is 3.43. The second kappa shape index (κ2) is 5.72. The first-order valence-corrected chi connectivity index (χ1v) is 7.79. The van der Waals surface area contributed by atoms with Crippen molar-refractivity contribution < 1.29 is 8.42 Å². The maximum atomic E-state index is 12.3. The van der Waals surface area contributed by atoms with Gasteiger partial charge in [-0.15, -0.1) is 0 Å². The first kappa shape index (κ1) is 14.7. The summed E-state index contributed by atoms with van der Waals surface area (Å²) in [5.41, 5.74) is 1.78. The fourth-order valence-corrected chi connectivity index (χ4v) is 3.54. The van der Waals surface area contributed by atoms with Gasteiger partial charge in [-0.2, -0.15) is 5.10 Å². The highest BCUT2D eigenvalue weighted by Crippen LogP contribution is 2.16. The smallest absolute Gasteiger partial charge is 0.241 e. The first-order chi connectivity index (χ1) is 9.38. The molecule has 1 unspecified atom stereocenters. The average Bonchev–Trinajstić information content (AvgIpc) is 2.79. The maximum absolute atomic E-state index is 12.3. The van der Waals surface area contributed by atoms with Crippen LogP contribution in [-0.2, 0) is 16.6 Å². The topological polar surface area (TPSA) is 76.9 Å². The zero-order chi connectivity index (χ0) is 14.8. The van der Waals surface area contributed by atoms with E-state index in [1.165, 1.54) is 6.33 Å². The number of sulfonamides is 1. The minimum Gasteiger partial charge on any atom is -0.251 e. The van der Waals surface area contributed by atoms with Crippen LogP contribution in [0.4, 0.5) is 0 Å². The molecule has 0 saturated heterocycles. The fourth-order valence-electron chi connectivity index (χ4n) is 2.07. The van der Waals surface area contributed by atoms with Crippen molar-refractivity contribution in [2.45, 2.75) is 38.3 Å². The molecule has 0 amide bonds. The van der Waals surface area contributed by atoms with Crippen molar-refractivity contribution in [1.29, 1.82) is 0 Å². The second-order valence-electron chi connectivity index (χ2n) is 4.91. The van der Waals surface area contributed by atoms with E-state index in [2.05, 4.69) is 14.8 Å². The van der Waals surface area contributed by atoms with Gasteiger partial charge in [0.25, 0.3) is 0 Å². The van der Waals surface area contributed by atoms with Gasteiger partial charge in [0.15, 0.2) is 0 Å². The van der Waals surface area contributed by atoms with Gasteiger partial charge in [0.05, 0.1) is 11.4 Å². The minimum atomic E-state index is -3.52. The highest BCUT2D eigenvalue weighted by Gasteiger charge is 2.19. The summed E-state index contributed by atoms with van der Waals surface area (Å²) in [6.07, 6.45) is 2.98. The number of nitrogens with one attached hydrogen (secondary N) is 1. The molecule has 1 atom stereocenters. The Labute approximate surface area is 118 Å². The predicted molar refractivity (Wildman–Crippen MR) is 75.7 cm³/mol. The third-order valence-corrected chi connectivity index (χ3v) is 4.65. The van der Waals surface area contributed by atoms with Gasteiger partial charge < -0.3 is 0 Å². The Kier molecular flexibility index (Phi) is 4.20. The molecule has 0 fully saturated rings. The van der Waals surface area contributed by atoms with Crippen LogP contribution in [0.25, 0.3) is 0 Å². The standard InChI is InChI=1S/C13H18N4O2S/c1-10-4-5-13(11(2)6-10)20(18,19)16-12(3)7-17-9-14-8-15-17/h4-6,8-9,12,16H,7H2,1-3H3. The lowest BCUT2D eigenvalue weighted by Crippen LogP contribution is -2.36. The summed E-state index contributed by atoms with van der Waals surface area (Å²) < 4.78 is 28.9. The predicted octanol–water partition coefficient (Wildman–Crippen LogP) is 1.26. The second-order valence-corrected chi connectivity index (χ2v) is 6.59. The van der Waals surface area contributed by atoms with Crippen LogP contribution in [0.2, 0.25) is 0 Å². The molecule has 2 rings (SSSR count). The summed E-state index contributed by atoms with van der Waals surface area (Å²) in [4.78, 5) is 4.14. The average molecular weight is 294 g/mol. The lowest BCUT2D eigenvalue weighted by molar-refractivity contribution is 0.493. The Hall–Kier alpha value is -1.73. The molecule has 0 spiro atoms. The summed E-state index contributed by atoms with van der Waals surface area (Å²) in [6.45, 7) is 5.96. The third-order valence-electron chi connectivity index (χ3n) is 2.90. The van der Waals surface area contributed by atoms with E-state index < -0.39 is 10.0 Å². The number of hydrogen-bond donors (Lipinski definition) is 1. The number of aryl methyl sites for hydroxylation is 2. The van der Waals surface area contributed by atoms with Crippen LogP contribution in [0, 0.1) is 13.8 Å². The lowest BCUT2D eigenvalue weighted by Gasteiger charge is -2.15. The lowest BCUT2D eigenvalue weighted by atomic mass is 10.2. The van der Waals surface area contributed by atoms with Crippen LogP contribution in [0.5, 0.6) is 0 Å². The van der Waals surface area contributed by atoms with Crippen LogP contribution in [-0.4, -0.2) is 29.2 Å². The SMILES string of the molecule is Cc1ccc(S(=O)(=O)NC(C)Cn2cncn2)c(C)c1. The Morgan fingerprint density at radius 2 is 2.10 bits per heavy atom. The van der Waals surface area contributed by atoms with Gasteiger partial charge in [-0.1, -0.05) is 17.7 Å². The van der Waals surface area contributed by atoms with Gasteiger partial charge in [-0.3, -0.25) is 4.68 Å². The van der Waals surface area contributed by atoms with E-state index in [4.69, 9.17) is 0 Å². The van der Waals surface area contributed by atoms with E-state index in [9.17, 15) is 8.42 Å². The van der Waals surface area contributed by atoms with E-state index in [0.29, 0.717) is 11.4 Å². The van der Waals surface area contributed by atoms with Gasteiger partial charge in [0, 0.05) is 6.04 Å². The molecule has 0 saturated carbocycles. The number of hydrogen-bond acceptors (Lipinski definition) is 4. The molecule has 7 heteroatoms. The van der Waals surface area contributed by atoms with Crippen LogP contribution >= 0.6 is 0 Å². The quantitative estimate of drug-likeness (QED) is 0.900. The molecule has 108 valence electrons. The molecule has 1 aromatic carbocycles. The molecule has 0 aliphatic carbocycles. The number of aromatic nitrogens is 3. The van der Waals surface area contributed by atoms with Crippen molar-refractivity contribution in [2.75, 3.05) is 0 Å². The van der Waals surface area contributed by atoms with E-state index in [1.54, 1.807) is 37.0 Å². The van der Waals surface area contributed by atoms with Crippen molar-refractivity contribution in [2.24, 2.45) is 0 Å². The van der Waals surface area contributed by atoms with Crippen molar-refractivity contribution in [1.82, 2.24) is 19.5 Å². The summed E-state index contributed by atoms with van der Waals surface area (Å²) in [6, 6.07) is 5.01. The van der Waals surface area contributed by atoms with Crippen molar-refractivity contribution in [3.63, 3.8) is 0 Å². The zero-order valence-corrected chi connectivity index (χ0v) is 12.6. The molecule has 2 aromatic rings. The van der Waals surface area contributed by atoms with Crippen LogP contribution in [0.15, 0.2) is 35.7 Å². The van der Waals surface area contributed by atoms with Crippen LogP contribution in [0.1, 0.15) is 18.1 Å². The molecule has 1 N–H and O–H groups in total. The van der Waals surface area contributed by atoms with Gasteiger partial charge in [0.2, 0.25) is 10.0 Å². The highest BCUT2D eigenvalue weighted by atomic mass is 32.2. The van der Waals surface area contributed by atoms with Gasteiger partial charge >= 0.3 is 0 Å². The minimum absolute atomic E-state index is 0.276. The molecule has 20 heavy (non-hydrogen) atoms. The van der Waals surface area contributed by atoms with Gasteiger partial charge in [0.1, 0.15) is 12.7 Å². The molecular formula is C13H18N4O2S. The largest absolute Gasteiger partial charge is 0.251 e. The monoisotopic (exact) mass is 294 g/mol. The summed E-state index contributed by atoms with van der Waals surface area (Å²) >= 11 is 0. The summed E-state index contributed by atoms with van der Waals surface area (Å²) in [5, 5.41) is 3.96. The van der Waals surface area contributed by atoms with Crippen molar-refractivity contribution in [3.05, 3.63) is 42.0 Å². The Morgan fingerprint density at radius 1 is 1.35 bits per heavy atom. The summed E-state index contributed by atoms with van der Waals surface area (Å²) in [7, 11) is -3.52. The van der Waals surface area contributed by atoms with Crippen LogP contribution in [0.3, 0.4) is 0 Å². The molecule has 1 heterocycles. The number of benzene rings is 1. The van der Waals surface area contributed by atoms with E-state index in [-0.39, 0.29) is 6.04 Å². The molecule has 0 aliphatic rings. The zero-order valence-electron chi connectivity index (χ0n) is 11.7. The van der Waals surface area contributed by atoms with Crippen molar-refractivity contribution >= 4 is 10.0 Å². The molecule has 1 aromatic heterocycles.